The zero-order valence-corrected chi connectivity index (χ0v) is 11.1. The summed E-state index contributed by atoms with van der Waals surface area (Å²) >= 11 is 0. The molecule has 0 heterocycles. The molecule has 1 amide bonds. The highest BCUT2D eigenvalue weighted by molar-refractivity contribution is 5.81. The first-order chi connectivity index (χ1) is 8.19. The molecule has 17 heavy (non-hydrogen) atoms. The highest BCUT2D eigenvalue weighted by Gasteiger charge is 2.23. The molecule has 100 valence electrons. The van der Waals surface area contributed by atoms with Crippen molar-refractivity contribution in [3.05, 3.63) is 0 Å². The number of carbonyl (C=O) groups excluding carboxylic acids is 1. The van der Waals surface area contributed by atoms with Gasteiger partial charge in [-0.05, 0) is 25.7 Å². The van der Waals surface area contributed by atoms with Crippen LogP contribution in [0.3, 0.4) is 0 Å². The number of carbonyl (C=O) groups is 1. The summed E-state index contributed by atoms with van der Waals surface area (Å²) in [4.78, 5) is 11.8. The highest BCUT2D eigenvalue weighted by Crippen LogP contribution is 2.25. The van der Waals surface area contributed by atoms with E-state index in [1.54, 1.807) is 0 Å². The van der Waals surface area contributed by atoms with Crippen LogP contribution in [0.25, 0.3) is 0 Å². The summed E-state index contributed by atoms with van der Waals surface area (Å²) in [7, 11) is 1.52. The van der Waals surface area contributed by atoms with Gasteiger partial charge in [0.2, 0.25) is 0 Å². The van der Waals surface area contributed by atoms with Gasteiger partial charge in [-0.3, -0.25) is 4.79 Å². The van der Waals surface area contributed by atoms with Gasteiger partial charge < -0.3 is 15.8 Å². The van der Waals surface area contributed by atoms with Gasteiger partial charge in [0, 0.05) is 19.7 Å². The Bertz CT molecular complexity index is 221. The number of hydrogen-bond donors (Lipinski definition) is 2. The second kappa shape index (κ2) is 7.67. The maximum atomic E-state index is 11.8. The van der Waals surface area contributed by atoms with E-state index >= 15 is 0 Å². The Morgan fingerprint density at radius 1 is 1.35 bits per heavy atom. The number of rotatable bonds is 5. The zero-order chi connectivity index (χ0) is 12.7. The van der Waals surface area contributed by atoms with Gasteiger partial charge in [-0.2, -0.15) is 0 Å². The van der Waals surface area contributed by atoms with Crippen molar-refractivity contribution in [3.63, 3.8) is 0 Å². The van der Waals surface area contributed by atoms with E-state index in [0.717, 1.165) is 0 Å². The lowest BCUT2D eigenvalue weighted by Crippen LogP contribution is -2.46. The third kappa shape index (κ3) is 4.64. The molecule has 1 aliphatic carbocycles. The van der Waals surface area contributed by atoms with Crippen molar-refractivity contribution in [1.29, 1.82) is 0 Å². The molecule has 1 aliphatic rings. The molecule has 1 saturated carbocycles. The van der Waals surface area contributed by atoms with Crippen LogP contribution >= 0.6 is 0 Å². The molecular formula is C13H26N2O2. The normalized spacial score (nSPS) is 21.6. The van der Waals surface area contributed by atoms with Crippen molar-refractivity contribution in [2.24, 2.45) is 11.7 Å². The maximum Gasteiger partial charge on any atom is 0.250 e. The Hall–Kier alpha value is -0.610. The molecule has 0 radical (unpaired) electrons. The fraction of sp³-hybridized carbons (Fsp3) is 0.923. The number of nitrogens with one attached hydrogen (secondary N) is 1. The van der Waals surface area contributed by atoms with Gasteiger partial charge in [0.05, 0.1) is 0 Å². The van der Waals surface area contributed by atoms with Gasteiger partial charge >= 0.3 is 0 Å². The van der Waals surface area contributed by atoms with Crippen LogP contribution < -0.4 is 11.1 Å². The maximum absolute atomic E-state index is 11.8. The summed E-state index contributed by atoms with van der Waals surface area (Å²) in [6, 6.07) is 0.227. The average molecular weight is 242 g/mol. The second-order valence-corrected chi connectivity index (χ2v) is 5.01. The molecular weight excluding hydrogens is 216 g/mol. The van der Waals surface area contributed by atoms with E-state index in [4.69, 9.17) is 10.5 Å². The Balaban J connectivity index is 2.40. The van der Waals surface area contributed by atoms with Gasteiger partial charge in [-0.25, -0.2) is 0 Å². The topological polar surface area (TPSA) is 64.3 Å². The molecule has 0 aromatic heterocycles. The van der Waals surface area contributed by atoms with Crippen LogP contribution in [0, 0.1) is 5.92 Å². The monoisotopic (exact) mass is 242 g/mol. The number of ether oxygens (including phenoxy) is 1. The Labute approximate surface area is 104 Å². The van der Waals surface area contributed by atoms with Gasteiger partial charge in [0.15, 0.2) is 0 Å². The number of methoxy groups -OCH3 is 1. The quantitative estimate of drug-likeness (QED) is 0.717. The predicted octanol–water partition coefficient (Wildman–Crippen LogP) is 1.44. The van der Waals surface area contributed by atoms with Crippen molar-refractivity contribution in [2.45, 2.75) is 57.6 Å². The lowest BCUT2D eigenvalue weighted by Gasteiger charge is -2.25. The fourth-order valence-electron chi connectivity index (χ4n) is 2.56. The van der Waals surface area contributed by atoms with Crippen LogP contribution in [0.5, 0.6) is 0 Å². The molecule has 0 bridgehead atoms. The Morgan fingerprint density at radius 3 is 2.41 bits per heavy atom. The first-order valence-electron chi connectivity index (χ1n) is 6.72. The van der Waals surface area contributed by atoms with E-state index in [-0.39, 0.29) is 18.5 Å². The molecule has 1 rings (SSSR count). The van der Waals surface area contributed by atoms with Gasteiger partial charge in [0.25, 0.3) is 5.91 Å². The lowest BCUT2D eigenvalue weighted by molar-refractivity contribution is -0.131. The number of hydrogen-bond acceptors (Lipinski definition) is 3. The lowest BCUT2D eigenvalue weighted by atomic mass is 9.93. The van der Waals surface area contributed by atoms with Crippen molar-refractivity contribution in [2.75, 3.05) is 13.7 Å². The summed E-state index contributed by atoms with van der Waals surface area (Å²) in [6.45, 7) is 2.33. The molecule has 1 fully saturated rings. The third-order valence-electron chi connectivity index (χ3n) is 3.77. The van der Waals surface area contributed by atoms with Crippen LogP contribution in [0.2, 0.25) is 0 Å². The van der Waals surface area contributed by atoms with Gasteiger partial charge in [0.1, 0.15) is 6.10 Å². The minimum Gasteiger partial charge on any atom is -0.370 e. The van der Waals surface area contributed by atoms with E-state index in [2.05, 4.69) is 12.2 Å². The van der Waals surface area contributed by atoms with E-state index in [1.807, 2.05) is 0 Å². The van der Waals surface area contributed by atoms with Crippen LogP contribution in [0.4, 0.5) is 0 Å². The highest BCUT2D eigenvalue weighted by atomic mass is 16.5. The first-order valence-corrected chi connectivity index (χ1v) is 6.72. The van der Waals surface area contributed by atoms with Crippen molar-refractivity contribution >= 4 is 5.91 Å². The summed E-state index contributed by atoms with van der Waals surface area (Å²) in [5, 5.41) is 3.04. The van der Waals surface area contributed by atoms with Gasteiger partial charge in [-0.1, -0.05) is 25.7 Å². The van der Waals surface area contributed by atoms with Crippen LogP contribution in [-0.2, 0) is 9.53 Å². The minimum absolute atomic E-state index is 0.0771. The summed E-state index contributed by atoms with van der Waals surface area (Å²) in [6.07, 6.45) is 7.18. The van der Waals surface area contributed by atoms with Crippen molar-refractivity contribution in [1.82, 2.24) is 5.32 Å². The smallest absolute Gasteiger partial charge is 0.250 e. The van der Waals surface area contributed by atoms with E-state index < -0.39 is 6.10 Å². The molecule has 4 heteroatoms. The Morgan fingerprint density at radius 2 is 1.94 bits per heavy atom. The first kappa shape index (κ1) is 14.5. The Kier molecular flexibility index (Phi) is 6.52. The van der Waals surface area contributed by atoms with E-state index in [9.17, 15) is 4.79 Å². The van der Waals surface area contributed by atoms with Crippen molar-refractivity contribution in [3.8, 4) is 0 Å². The van der Waals surface area contributed by atoms with Crippen LogP contribution in [-0.4, -0.2) is 31.7 Å². The third-order valence-corrected chi connectivity index (χ3v) is 3.77. The molecule has 0 aromatic rings. The molecule has 4 nitrogen and oxygen atoms in total. The molecule has 0 aliphatic heterocycles. The SMILES string of the molecule is COC(CN)C(=O)N[C@@H](C)C1CCCCCC1. The van der Waals surface area contributed by atoms with Crippen LogP contribution in [0.1, 0.15) is 45.4 Å². The minimum atomic E-state index is -0.511. The average Bonchev–Trinajstić information content (AvgIpc) is 2.59. The number of nitrogens with two attached hydrogens (primary N) is 1. The molecule has 3 N–H and O–H groups in total. The summed E-state index contributed by atoms with van der Waals surface area (Å²) in [5.74, 6) is 0.531. The molecule has 0 saturated heterocycles. The van der Waals surface area contributed by atoms with Crippen molar-refractivity contribution < 1.29 is 9.53 Å². The summed E-state index contributed by atoms with van der Waals surface area (Å²) in [5.41, 5.74) is 5.48. The predicted molar refractivity (Wildman–Crippen MR) is 68.6 cm³/mol. The molecule has 0 spiro atoms. The summed E-state index contributed by atoms with van der Waals surface area (Å²) < 4.78 is 5.04. The van der Waals surface area contributed by atoms with E-state index in [1.165, 1.54) is 45.6 Å². The number of amides is 1. The fourth-order valence-corrected chi connectivity index (χ4v) is 2.56. The standard InChI is InChI=1S/C13H26N2O2/c1-10(11-7-5-3-4-6-8-11)15-13(16)12(9-14)17-2/h10-12H,3-9,14H2,1-2H3,(H,15,16)/t10-,12?/m0/s1. The van der Waals surface area contributed by atoms with E-state index in [0.29, 0.717) is 5.92 Å². The van der Waals surface area contributed by atoms with Crippen LogP contribution in [0.15, 0.2) is 0 Å². The second-order valence-electron chi connectivity index (χ2n) is 5.01. The molecule has 2 atom stereocenters. The zero-order valence-electron chi connectivity index (χ0n) is 11.1. The van der Waals surface area contributed by atoms with Gasteiger partial charge in [-0.15, -0.1) is 0 Å². The largest absolute Gasteiger partial charge is 0.370 e. The molecule has 0 aromatic carbocycles. The molecule has 1 unspecified atom stereocenters.